The molecule has 1 fully saturated rings. The maximum atomic E-state index is 12.4. The van der Waals surface area contributed by atoms with Crippen molar-refractivity contribution in [2.75, 3.05) is 25.5 Å². The standard InChI is InChI=1S/C20H27N3O3/c1-14-12-19(26-22-14)21-20(24)15(2)23-10-8-17(9-11-23)13-16-4-6-18(25-3)7-5-16/h4-7,12,15,17H,8-11,13H2,1-3H3,(H,21,24). The van der Waals surface area contributed by atoms with E-state index >= 15 is 0 Å². The molecule has 1 aromatic heterocycles. The van der Waals surface area contributed by atoms with Gasteiger partial charge in [0.25, 0.3) is 0 Å². The molecule has 26 heavy (non-hydrogen) atoms. The van der Waals surface area contributed by atoms with Crippen molar-refractivity contribution in [3.63, 3.8) is 0 Å². The first kappa shape index (κ1) is 18.5. The molecule has 6 nitrogen and oxygen atoms in total. The second-order valence-electron chi connectivity index (χ2n) is 7.03. The first-order chi connectivity index (χ1) is 12.5. The Morgan fingerprint density at radius 1 is 1.35 bits per heavy atom. The molecule has 0 radical (unpaired) electrons. The van der Waals surface area contributed by atoms with E-state index in [1.54, 1.807) is 13.2 Å². The van der Waals surface area contributed by atoms with Crippen molar-refractivity contribution in [1.82, 2.24) is 10.1 Å². The number of piperidine rings is 1. The van der Waals surface area contributed by atoms with Crippen LogP contribution in [0.5, 0.6) is 5.75 Å². The largest absolute Gasteiger partial charge is 0.497 e. The summed E-state index contributed by atoms with van der Waals surface area (Å²) in [5, 5.41) is 6.59. The first-order valence-corrected chi connectivity index (χ1v) is 9.16. The summed E-state index contributed by atoms with van der Waals surface area (Å²) in [7, 11) is 1.69. The summed E-state index contributed by atoms with van der Waals surface area (Å²) in [5.74, 6) is 1.92. The number of carbonyl (C=O) groups is 1. The van der Waals surface area contributed by atoms with E-state index in [2.05, 4.69) is 27.5 Å². The second kappa shape index (κ2) is 8.36. The highest BCUT2D eigenvalue weighted by Crippen LogP contribution is 2.24. The lowest BCUT2D eigenvalue weighted by molar-refractivity contribution is -0.121. The van der Waals surface area contributed by atoms with Crippen LogP contribution in [0.25, 0.3) is 0 Å². The van der Waals surface area contributed by atoms with Crippen LogP contribution in [0.3, 0.4) is 0 Å². The summed E-state index contributed by atoms with van der Waals surface area (Å²) < 4.78 is 10.3. The molecule has 2 heterocycles. The number of amides is 1. The minimum absolute atomic E-state index is 0.0465. The summed E-state index contributed by atoms with van der Waals surface area (Å²) in [6.45, 7) is 5.65. The van der Waals surface area contributed by atoms with Gasteiger partial charge in [-0.3, -0.25) is 15.0 Å². The number of ether oxygens (including phenoxy) is 1. The predicted octanol–water partition coefficient (Wildman–Crippen LogP) is 3.27. The molecule has 1 unspecified atom stereocenters. The Kier molecular flexibility index (Phi) is 5.93. The van der Waals surface area contributed by atoms with Crippen molar-refractivity contribution in [3.05, 3.63) is 41.6 Å². The zero-order chi connectivity index (χ0) is 18.5. The number of carbonyl (C=O) groups excluding carboxylic acids is 1. The summed E-state index contributed by atoms with van der Waals surface area (Å²) in [6, 6.07) is 9.86. The zero-order valence-electron chi connectivity index (χ0n) is 15.7. The Labute approximate surface area is 154 Å². The Balaban J connectivity index is 1.46. The summed E-state index contributed by atoms with van der Waals surface area (Å²) in [6.07, 6.45) is 3.28. The number of likely N-dealkylation sites (tertiary alicyclic amines) is 1. The third-order valence-electron chi connectivity index (χ3n) is 5.13. The molecule has 1 saturated heterocycles. The molecule has 140 valence electrons. The third kappa shape index (κ3) is 4.64. The van der Waals surface area contributed by atoms with Crippen LogP contribution in [0.15, 0.2) is 34.9 Å². The normalized spacial score (nSPS) is 17.0. The van der Waals surface area contributed by atoms with Crippen LogP contribution < -0.4 is 10.1 Å². The maximum Gasteiger partial charge on any atom is 0.243 e. The van der Waals surface area contributed by atoms with E-state index in [1.807, 2.05) is 26.0 Å². The second-order valence-corrected chi connectivity index (χ2v) is 7.03. The van der Waals surface area contributed by atoms with Crippen molar-refractivity contribution in [1.29, 1.82) is 0 Å². The zero-order valence-corrected chi connectivity index (χ0v) is 15.7. The van der Waals surface area contributed by atoms with E-state index < -0.39 is 0 Å². The predicted molar refractivity (Wildman–Crippen MR) is 100 cm³/mol. The van der Waals surface area contributed by atoms with Gasteiger partial charge in [-0.05, 0) is 69.8 Å². The maximum absolute atomic E-state index is 12.4. The van der Waals surface area contributed by atoms with Gasteiger partial charge in [0, 0.05) is 6.07 Å². The molecule has 1 aliphatic heterocycles. The van der Waals surface area contributed by atoms with Gasteiger partial charge in [-0.1, -0.05) is 17.3 Å². The number of hydrogen-bond donors (Lipinski definition) is 1. The molecule has 2 aromatic rings. The fraction of sp³-hybridized carbons (Fsp3) is 0.500. The fourth-order valence-corrected chi connectivity index (χ4v) is 3.45. The van der Waals surface area contributed by atoms with Gasteiger partial charge in [-0.15, -0.1) is 0 Å². The van der Waals surface area contributed by atoms with Crippen molar-refractivity contribution in [3.8, 4) is 5.75 Å². The molecule has 1 aromatic carbocycles. The van der Waals surface area contributed by atoms with Gasteiger partial charge in [-0.2, -0.15) is 0 Å². The molecule has 0 spiro atoms. The van der Waals surface area contributed by atoms with E-state index in [0.29, 0.717) is 11.8 Å². The Hall–Kier alpha value is -2.34. The molecule has 1 atom stereocenters. The molecular weight excluding hydrogens is 330 g/mol. The number of nitrogens with zero attached hydrogens (tertiary/aromatic N) is 2. The van der Waals surface area contributed by atoms with Crippen LogP contribution in [-0.4, -0.2) is 42.2 Å². The number of anilines is 1. The number of aryl methyl sites for hydroxylation is 1. The third-order valence-corrected chi connectivity index (χ3v) is 5.13. The SMILES string of the molecule is COc1ccc(CC2CCN(C(C)C(=O)Nc3cc(C)no3)CC2)cc1. The fourth-order valence-electron chi connectivity index (χ4n) is 3.45. The van der Waals surface area contributed by atoms with E-state index in [-0.39, 0.29) is 11.9 Å². The summed E-state index contributed by atoms with van der Waals surface area (Å²) >= 11 is 0. The monoisotopic (exact) mass is 357 g/mol. The van der Waals surface area contributed by atoms with Gasteiger partial charge in [0.1, 0.15) is 5.75 Å². The van der Waals surface area contributed by atoms with E-state index in [9.17, 15) is 4.79 Å². The van der Waals surface area contributed by atoms with Crippen LogP contribution in [0, 0.1) is 12.8 Å². The van der Waals surface area contributed by atoms with E-state index in [4.69, 9.17) is 9.26 Å². The number of nitrogens with one attached hydrogen (secondary N) is 1. The van der Waals surface area contributed by atoms with Crippen molar-refractivity contribution < 1.29 is 14.1 Å². The molecule has 1 N–H and O–H groups in total. The van der Waals surface area contributed by atoms with Gasteiger partial charge in [0.15, 0.2) is 0 Å². The molecule has 3 rings (SSSR count). The summed E-state index contributed by atoms with van der Waals surface area (Å²) in [4.78, 5) is 14.6. The molecule has 0 bridgehead atoms. The number of benzene rings is 1. The lowest BCUT2D eigenvalue weighted by atomic mass is 9.89. The van der Waals surface area contributed by atoms with Crippen molar-refractivity contribution in [2.24, 2.45) is 5.92 Å². The van der Waals surface area contributed by atoms with Gasteiger partial charge in [0.05, 0.1) is 18.8 Å². The number of aromatic nitrogens is 1. The van der Waals surface area contributed by atoms with Crippen LogP contribution in [0.2, 0.25) is 0 Å². The average molecular weight is 357 g/mol. The quantitative estimate of drug-likeness (QED) is 0.859. The lowest BCUT2D eigenvalue weighted by Crippen LogP contribution is -2.46. The highest BCUT2D eigenvalue weighted by Gasteiger charge is 2.27. The topological polar surface area (TPSA) is 67.6 Å². The van der Waals surface area contributed by atoms with Gasteiger partial charge in [-0.25, -0.2) is 0 Å². The summed E-state index contributed by atoms with van der Waals surface area (Å²) in [5.41, 5.74) is 2.10. The van der Waals surface area contributed by atoms with Gasteiger partial charge < -0.3 is 9.26 Å². The molecule has 0 aliphatic carbocycles. The van der Waals surface area contributed by atoms with Crippen LogP contribution >= 0.6 is 0 Å². The minimum atomic E-state index is -0.178. The smallest absolute Gasteiger partial charge is 0.243 e. The van der Waals surface area contributed by atoms with E-state index in [1.165, 1.54) is 5.56 Å². The molecule has 1 amide bonds. The number of rotatable bonds is 6. The van der Waals surface area contributed by atoms with E-state index in [0.717, 1.165) is 43.8 Å². The average Bonchev–Trinajstić information content (AvgIpc) is 3.07. The Morgan fingerprint density at radius 2 is 2.04 bits per heavy atom. The Morgan fingerprint density at radius 3 is 2.62 bits per heavy atom. The highest BCUT2D eigenvalue weighted by atomic mass is 16.5. The van der Waals surface area contributed by atoms with Gasteiger partial charge in [0.2, 0.25) is 11.8 Å². The minimum Gasteiger partial charge on any atom is -0.497 e. The van der Waals surface area contributed by atoms with Gasteiger partial charge >= 0.3 is 0 Å². The van der Waals surface area contributed by atoms with Crippen molar-refractivity contribution in [2.45, 2.75) is 39.2 Å². The molecule has 1 aliphatic rings. The Bertz CT molecular complexity index is 718. The highest BCUT2D eigenvalue weighted by molar-refractivity contribution is 5.93. The number of methoxy groups -OCH3 is 1. The van der Waals surface area contributed by atoms with Crippen LogP contribution in [-0.2, 0) is 11.2 Å². The molecule has 6 heteroatoms. The molecular formula is C20H27N3O3. The van der Waals surface area contributed by atoms with Crippen molar-refractivity contribution >= 4 is 11.8 Å². The number of hydrogen-bond acceptors (Lipinski definition) is 5. The van der Waals surface area contributed by atoms with Crippen LogP contribution in [0.1, 0.15) is 31.0 Å². The van der Waals surface area contributed by atoms with Crippen LogP contribution in [0.4, 0.5) is 5.88 Å². The lowest BCUT2D eigenvalue weighted by Gasteiger charge is -2.35. The molecule has 0 saturated carbocycles. The first-order valence-electron chi connectivity index (χ1n) is 9.16.